The Hall–Kier alpha value is -3.78. The van der Waals surface area contributed by atoms with E-state index in [-0.39, 0.29) is 24.0 Å². The fraction of sp³-hybridized carbons (Fsp3) is 0.250. The van der Waals surface area contributed by atoms with E-state index < -0.39 is 5.97 Å². The van der Waals surface area contributed by atoms with Crippen LogP contribution < -0.4 is 19.9 Å². The Morgan fingerprint density at radius 3 is 2.72 bits per heavy atom. The second-order valence-corrected chi connectivity index (χ2v) is 7.36. The van der Waals surface area contributed by atoms with E-state index >= 15 is 0 Å². The first-order chi connectivity index (χ1) is 15.5. The van der Waals surface area contributed by atoms with Crippen molar-refractivity contribution in [2.24, 2.45) is 0 Å². The van der Waals surface area contributed by atoms with Crippen LogP contribution in [-0.4, -0.2) is 36.1 Å². The van der Waals surface area contributed by atoms with E-state index in [0.29, 0.717) is 35.0 Å². The number of ether oxygens (including phenoxy) is 3. The first-order valence-corrected chi connectivity index (χ1v) is 10.3. The number of benzene rings is 2. The van der Waals surface area contributed by atoms with Crippen LogP contribution in [0.15, 0.2) is 65.6 Å². The average Bonchev–Trinajstić information content (AvgIpc) is 3.32. The molecule has 1 aliphatic heterocycles. The second-order valence-electron chi connectivity index (χ2n) is 7.36. The van der Waals surface area contributed by atoms with E-state index in [1.165, 1.54) is 6.07 Å². The summed E-state index contributed by atoms with van der Waals surface area (Å²) in [5.74, 6) is 0.0424. The summed E-state index contributed by atoms with van der Waals surface area (Å²) < 4.78 is 17.1. The van der Waals surface area contributed by atoms with Gasteiger partial charge in [0.15, 0.2) is 17.8 Å². The number of hydrogen-bond acceptors (Lipinski definition) is 6. The first-order valence-electron chi connectivity index (χ1n) is 10.3. The van der Waals surface area contributed by atoms with Crippen LogP contribution in [0.3, 0.4) is 0 Å². The molecule has 32 heavy (non-hydrogen) atoms. The molecule has 0 unspecified atom stereocenters. The summed E-state index contributed by atoms with van der Waals surface area (Å²) >= 11 is 0. The van der Waals surface area contributed by atoms with Crippen molar-refractivity contribution in [3.05, 3.63) is 82.3 Å². The molecule has 4 rings (SSSR count). The van der Waals surface area contributed by atoms with Crippen LogP contribution in [-0.2, 0) is 11.3 Å². The van der Waals surface area contributed by atoms with Crippen LogP contribution in [0.1, 0.15) is 28.8 Å². The molecule has 1 aromatic heterocycles. The van der Waals surface area contributed by atoms with E-state index in [1.54, 1.807) is 49.7 Å². The summed E-state index contributed by atoms with van der Waals surface area (Å²) in [6, 6.07) is 15.5. The SMILES string of the molecule is COc1ccc(N(Cc2ccc[nH]c2=O)c2cccc(C(=O)O)c2)cc1O[C@@H]1CCCO1. The van der Waals surface area contributed by atoms with E-state index in [1.807, 2.05) is 17.0 Å². The molecule has 0 bridgehead atoms. The van der Waals surface area contributed by atoms with Gasteiger partial charge in [-0.15, -0.1) is 0 Å². The maximum absolute atomic E-state index is 12.4. The second kappa shape index (κ2) is 9.57. The van der Waals surface area contributed by atoms with Crippen molar-refractivity contribution in [2.75, 3.05) is 18.6 Å². The van der Waals surface area contributed by atoms with Crippen LogP contribution in [0.4, 0.5) is 11.4 Å². The number of H-pyrrole nitrogens is 1. The lowest BCUT2D eigenvalue weighted by Gasteiger charge is -2.26. The van der Waals surface area contributed by atoms with Gasteiger partial charge in [-0.1, -0.05) is 12.1 Å². The maximum atomic E-state index is 12.4. The number of rotatable bonds is 8. The summed E-state index contributed by atoms with van der Waals surface area (Å²) in [6.07, 6.45) is 2.94. The molecule has 1 atom stereocenters. The molecular weight excluding hydrogens is 412 g/mol. The third-order valence-corrected chi connectivity index (χ3v) is 5.24. The average molecular weight is 436 g/mol. The van der Waals surface area contributed by atoms with E-state index in [2.05, 4.69) is 4.98 Å². The molecule has 2 aromatic carbocycles. The fourth-order valence-corrected chi connectivity index (χ4v) is 3.60. The molecule has 2 heterocycles. The molecule has 0 spiro atoms. The lowest BCUT2D eigenvalue weighted by atomic mass is 10.1. The van der Waals surface area contributed by atoms with Gasteiger partial charge in [-0.3, -0.25) is 4.79 Å². The highest BCUT2D eigenvalue weighted by Gasteiger charge is 2.21. The van der Waals surface area contributed by atoms with Gasteiger partial charge in [0.05, 0.1) is 25.8 Å². The number of methoxy groups -OCH3 is 1. The smallest absolute Gasteiger partial charge is 0.335 e. The highest BCUT2D eigenvalue weighted by atomic mass is 16.7. The number of hydrogen-bond donors (Lipinski definition) is 2. The zero-order chi connectivity index (χ0) is 22.5. The molecule has 3 aromatic rings. The van der Waals surface area contributed by atoms with Crippen LogP contribution in [0, 0.1) is 0 Å². The summed E-state index contributed by atoms with van der Waals surface area (Å²) in [5.41, 5.74) is 1.81. The lowest BCUT2D eigenvalue weighted by Crippen LogP contribution is -2.23. The van der Waals surface area contributed by atoms with Crippen LogP contribution in [0.2, 0.25) is 0 Å². The number of nitrogens with zero attached hydrogens (tertiary/aromatic N) is 1. The number of carbonyl (C=O) groups is 1. The van der Waals surface area contributed by atoms with E-state index in [0.717, 1.165) is 12.8 Å². The molecule has 8 heteroatoms. The van der Waals surface area contributed by atoms with Gasteiger partial charge in [-0.2, -0.15) is 0 Å². The molecule has 1 aliphatic rings. The number of aromatic amines is 1. The van der Waals surface area contributed by atoms with Crippen molar-refractivity contribution in [3.63, 3.8) is 0 Å². The molecule has 1 fully saturated rings. The quantitative estimate of drug-likeness (QED) is 0.552. The topological polar surface area (TPSA) is 101 Å². The van der Waals surface area contributed by atoms with Gasteiger partial charge in [-0.25, -0.2) is 4.79 Å². The van der Waals surface area contributed by atoms with Gasteiger partial charge < -0.3 is 29.2 Å². The highest BCUT2D eigenvalue weighted by molar-refractivity contribution is 5.89. The predicted octanol–water partition coefficient (Wildman–Crippen LogP) is 3.94. The molecular formula is C24H24N2O6. The van der Waals surface area contributed by atoms with Gasteiger partial charge in [0.2, 0.25) is 0 Å². The number of aromatic nitrogens is 1. The Morgan fingerprint density at radius 2 is 2.00 bits per heavy atom. The van der Waals surface area contributed by atoms with Crippen molar-refractivity contribution in [2.45, 2.75) is 25.7 Å². The Kier molecular flexibility index (Phi) is 6.42. The minimum atomic E-state index is -1.03. The number of nitrogens with one attached hydrogen (secondary N) is 1. The Morgan fingerprint density at radius 1 is 1.16 bits per heavy atom. The molecule has 0 aliphatic carbocycles. The Balaban J connectivity index is 1.77. The zero-order valence-electron chi connectivity index (χ0n) is 17.6. The molecule has 1 saturated heterocycles. The van der Waals surface area contributed by atoms with Crippen molar-refractivity contribution in [1.82, 2.24) is 4.98 Å². The number of aromatic carboxylic acids is 1. The van der Waals surface area contributed by atoms with Crippen molar-refractivity contribution < 1.29 is 24.1 Å². The first kappa shape index (κ1) is 21.5. The molecule has 2 N–H and O–H groups in total. The van der Waals surface area contributed by atoms with Crippen LogP contribution in [0.25, 0.3) is 0 Å². The molecule has 0 amide bonds. The summed E-state index contributed by atoms with van der Waals surface area (Å²) in [5, 5.41) is 9.44. The summed E-state index contributed by atoms with van der Waals surface area (Å²) in [7, 11) is 1.56. The van der Waals surface area contributed by atoms with Gasteiger partial charge in [0, 0.05) is 35.6 Å². The molecule has 8 nitrogen and oxygen atoms in total. The molecule has 0 saturated carbocycles. The third-order valence-electron chi connectivity index (χ3n) is 5.24. The minimum absolute atomic E-state index is 0.152. The van der Waals surface area contributed by atoms with Crippen molar-refractivity contribution >= 4 is 17.3 Å². The largest absolute Gasteiger partial charge is 0.493 e. The van der Waals surface area contributed by atoms with Crippen molar-refractivity contribution in [1.29, 1.82) is 0 Å². The zero-order valence-corrected chi connectivity index (χ0v) is 17.6. The van der Waals surface area contributed by atoms with Gasteiger partial charge in [0.1, 0.15) is 0 Å². The molecule has 166 valence electrons. The molecule has 0 radical (unpaired) electrons. The predicted molar refractivity (Wildman–Crippen MR) is 119 cm³/mol. The van der Waals surface area contributed by atoms with Crippen LogP contribution >= 0.6 is 0 Å². The minimum Gasteiger partial charge on any atom is -0.493 e. The van der Waals surface area contributed by atoms with Crippen LogP contribution in [0.5, 0.6) is 11.5 Å². The lowest BCUT2D eigenvalue weighted by molar-refractivity contribution is -0.0402. The number of pyridine rings is 1. The number of carboxylic acids is 1. The summed E-state index contributed by atoms with van der Waals surface area (Å²) in [6.45, 7) is 0.877. The number of anilines is 2. The fourth-order valence-electron chi connectivity index (χ4n) is 3.60. The number of carboxylic acid groups (broad SMARTS) is 1. The van der Waals surface area contributed by atoms with Gasteiger partial charge in [-0.05, 0) is 42.8 Å². The monoisotopic (exact) mass is 436 g/mol. The van der Waals surface area contributed by atoms with E-state index in [9.17, 15) is 14.7 Å². The highest BCUT2D eigenvalue weighted by Crippen LogP contribution is 2.37. The Bertz CT molecular complexity index is 1150. The Labute approximate surface area is 185 Å². The summed E-state index contributed by atoms with van der Waals surface area (Å²) in [4.78, 5) is 28.4. The maximum Gasteiger partial charge on any atom is 0.335 e. The van der Waals surface area contributed by atoms with E-state index in [4.69, 9.17) is 14.2 Å². The van der Waals surface area contributed by atoms with Gasteiger partial charge in [0.25, 0.3) is 5.56 Å². The van der Waals surface area contributed by atoms with Crippen molar-refractivity contribution in [3.8, 4) is 11.5 Å². The van der Waals surface area contributed by atoms with Gasteiger partial charge >= 0.3 is 5.97 Å². The standard InChI is InChI=1S/C24H24N2O6/c1-30-20-10-9-19(14-21(20)32-22-8-4-12-31-22)26(15-17-6-3-11-25-23(17)27)18-7-2-5-16(13-18)24(28)29/h2-3,5-7,9-11,13-14,22H,4,8,12,15H2,1H3,(H,25,27)(H,28,29)/t22-/m1/s1. The third kappa shape index (κ3) is 4.76. The normalized spacial score (nSPS) is 15.3.